The topological polar surface area (TPSA) is 30.0 Å². The molecular weight excluding hydrogens is 254 g/mol. The molecular formula is C16H17NOS. The number of ketones is 1. The quantitative estimate of drug-likeness (QED) is 0.796. The standard InChI is InChI=1S/C16H17NOS/c1-11-5-4-8-17-13(11)10-14(18)16-9-12-6-2-3-7-15(12)19-16/h4-5,8-9H,2-3,6-7,10H2,1H3. The Balaban J connectivity index is 1.81. The molecule has 98 valence electrons. The molecule has 1 aliphatic rings. The number of aryl methyl sites for hydroxylation is 3. The third-order valence-corrected chi connectivity index (χ3v) is 5.00. The molecule has 2 nitrogen and oxygen atoms in total. The van der Waals surface area contributed by atoms with Crippen LogP contribution in [0.4, 0.5) is 0 Å². The van der Waals surface area contributed by atoms with Crippen LogP contribution in [-0.4, -0.2) is 10.8 Å². The predicted octanol–water partition coefficient (Wildman–Crippen LogP) is 3.76. The molecule has 2 aromatic heterocycles. The van der Waals surface area contributed by atoms with Crippen LogP contribution in [0.15, 0.2) is 24.4 Å². The number of aromatic nitrogens is 1. The van der Waals surface area contributed by atoms with Crippen molar-refractivity contribution in [3.63, 3.8) is 0 Å². The fourth-order valence-corrected chi connectivity index (χ4v) is 3.76. The number of carbonyl (C=O) groups is 1. The van der Waals surface area contributed by atoms with E-state index in [4.69, 9.17) is 0 Å². The summed E-state index contributed by atoms with van der Waals surface area (Å²) in [6.07, 6.45) is 7.00. The summed E-state index contributed by atoms with van der Waals surface area (Å²) < 4.78 is 0. The summed E-state index contributed by atoms with van der Waals surface area (Å²) in [6.45, 7) is 2.01. The largest absolute Gasteiger partial charge is 0.293 e. The molecule has 0 unspecified atom stereocenters. The first-order valence-corrected chi connectivity index (χ1v) is 7.61. The van der Waals surface area contributed by atoms with Gasteiger partial charge in [-0.05, 0) is 55.9 Å². The van der Waals surface area contributed by atoms with E-state index in [2.05, 4.69) is 11.1 Å². The van der Waals surface area contributed by atoms with E-state index in [0.717, 1.165) is 29.0 Å². The number of nitrogens with zero attached hydrogens (tertiary/aromatic N) is 1. The first kappa shape index (κ1) is 12.5. The van der Waals surface area contributed by atoms with Gasteiger partial charge < -0.3 is 0 Å². The van der Waals surface area contributed by atoms with Gasteiger partial charge in [-0.3, -0.25) is 9.78 Å². The predicted molar refractivity (Wildman–Crippen MR) is 78.0 cm³/mol. The van der Waals surface area contributed by atoms with Gasteiger partial charge in [-0.2, -0.15) is 0 Å². The van der Waals surface area contributed by atoms with Gasteiger partial charge in [0.2, 0.25) is 0 Å². The van der Waals surface area contributed by atoms with Crippen molar-refractivity contribution in [2.75, 3.05) is 0 Å². The lowest BCUT2D eigenvalue weighted by molar-refractivity contribution is 0.0995. The van der Waals surface area contributed by atoms with Crippen LogP contribution in [0.2, 0.25) is 0 Å². The third-order valence-electron chi connectivity index (χ3n) is 3.72. The summed E-state index contributed by atoms with van der Waals surface area (Å²) in [7, 11) is 0. The molecule has 0 bridgehead atoms. The second-order valence-electron chi connectivity index (χ2n) is 5.13. The minimum absolute atomic E-state index is 0.209. The summed E-state index contributed by atoms with van der Waals surface area (Å²) in [5.41, 5.74) is 3.40. The first-order valence-electron chi connectivity index (χ1n) is 6.79. The molecule has 1 aliphatic carbocycles. The second-order valence-corrected chi connectivity index (χ2v) is 6.27. The monoisotopic (exact) mass is 271 g/mol. The molecule has 0 aliphatic heterocycles. The van der Waals surface area contributed by atoms with Crippen LogP contribution in [-0.2, 0) is 19.3 Å². The molecule has 3 rings (SSSR count). The average Bonchev–Trinajstić information content (AvgIpc) is 2.85. The zero-order chi connectivity index (χ0) is 13.2. The Morgan fingerprint density at radius 3 is 3.00 bits per heavy atom. The highest BCUT2D eigenvalue weighted by molar-refractivity contribution is 7.14. The summed E-state index contributed by atoms with van der Waals surface area (Å²) >= 11 is 1.69. The highest BCUT2D eigenvalue weighted by atomic mass is 32.1. The van der Waals surface area contributed by atoms with E-state index in [9.17, 15) is 4.79 Å². The highest BCUT2D eigenvalue weighted by Gasteiger charge is 2.18. The lowest BCUT2D eigenvalue weighted by atomic mass is 9.99. The second kappa shape index (κ2) is 5.25. The van der Waals surface area contributed by atoms with Gasteiger partial charge in [0.15, 0.2) is 5.78 Å². The fourth-order valence-electron chi connectivity index (χ4n) is 2.57. The number of fused-ring (bicyclic) bond motifs is 1. The Bertz CT molecular complexity index is 591. The number of hydrogen-bond donors (Lipinski definition) is 0. The van der Waals surface area contributed by atoms with Gasteiger partial charge in [0.05, 0.1) is 17.0 Å². The Morgan fingerprint density at radius 1 is 1.37 bits per heavy atom. The summed E-state index contributed by atoms with van der Waals surface area (Å²) in [6, 6.07) is 6.03. The van der Waals surface area contributed by atoms with Gasteiger partial charge in [0.25, 0.3) is 0 Å². The van der Waals surface area contributed by atoms with Gasteiger partial charge in [-0.1, -0.05) is 6.07 Å². The molecule has 3 heteroatoms. The van der Waals surface area contributed by atoms with Gasteiger partial charge >= 0.3 is 0 Å². The molecule has 0 saturated carbocycles. The van der Waals surface area contributed by atoms with Crippen LogP contribution in [0.1, 0.15) is 44.2 Å². The molecule has 19 heavy (non-hydrogen) atoms. The summed E-state index contributed by atoms with van der Waals surface area (Å²) in [5, 5.41) is 0. The van der Waals surface area contributed by atoms with Crippen LogP contribution in [0.25, 0.3) is 0 Å². The van der Waals surface area contributed by atoms with Crippen molar-refractivity contribution >= 4 is 17.1 Å². The van der Waals surface area contributed by atoms with E-state index in [1.807, 2.05) is 19.1 Å². The van der Waals surface area contributed by atoms with E-state index >= 15 is 0 Å². The van der Waals surface area contributed by atoms with E-state index < -0.39 is 0 Å². The number of hydrogen-bond acceptors (Lipinski definition) is 3. The maximum atomic E-state index is 12.4. The number of carbonyl (C=O) groups excluding carboxylic acids is 1. The number of thiophene rings is 1. The number of rotatable bonds is 3. The molecule has 0 spiro atoms. The van der Waals surface area contributed by atoms with Crippen molar-refractivity contribution in [2.45, 2.75) is 39.0 Å². The van der Waals surface area contributed by atoms with Gasteiger partial charge in [-0.15, -0.1) is 11.3 Å². The van der Waals surface area contributed by atoms with Crippen molar-refractivity contribution in [3.05, 3.63) is 51.0 Å². The van der Waals surface area contributed by atoms with E-state index in [1.165, 1.54) is 23.3 Å². The first-order chi connectivity index (χ1) is 9.24. The molecule has 0 saturated heterocycles. The highest BCUT2D eigenvalue weighted by Crippen LogP contribution is 2.30. The average molecular weight is 271 g/mol. The van der Waals surface area contributed by atoms with Gasteiger partial charge in [0.1, 0.15) is 0 Å². The zero-order valence-electron chi connectivity index (χ0n) is 11.1. The maximum absolute atomic E-state index is 12.4. The number of pyridine rings is 1. The van der Waals surface area contributed by atoms with E-state index in [1.54, 1.807) is 17.5 Å². The van der Waals surface area contributed by atoms with Crippen LogP contribution in [0.5, 0.6) is 0 Å². The maximum Gasteiger partial charge on any atom is 0.178 e. The smallest absolute Gasteiger partial charge is 0.178 e. The Labute approximate surface area is 117 Å². The minimum atomic E-state index is 0.209. The van der Waals surface area contributed by atoms with Crippen molar-refractivity contribution in [1.29, 1.82) is 0 Å². The number of Topliss-reactive ketones (excluding diaryl/α,β-unsaturated/α-hetero) is 1. The Morgan fingerprint density at radius 2 is 2.21 bits per heavy atom. The zero-order valence-corrected chi connectivity index (χ0v) is 11.9. The Hall–Kier alpha value is -1.48. The van der Waals surface area contributed by atoms with Gasteiger partial charge in [-0.25, -0.2) is 0 Å². The summed E-state index contributed by atoms with van der Waals surface area (Å²) in [5.74, 6) is 0.209. The van der Waals surface area contributed by atoms with Crippen molar-refractivity contribution in [1.82, 2.24) is 4.98 Å². The lowest BCUT2D eigenvalue weighted by Gasteiger charge is -2.08. The molecule has 0 radical (unpaired) electrons. The normalized spacial score (nSPS) is 14.2. The van der Waals surface area contributed by atoms with Crippen LogP contribution >= 0.6 is 11.3 Å². The SMILES string of the molecule is Cc1cccnc1CC(=O)c1cc2c(s1)CCCC2. The third kappa shape index (κ3) is 2.61. The molecule has 2 heterocycles. The Kier molecular flexibility index (Phi) is 3.47. The van der Waals surface area contributed by atoms with Crippen molar-refractivity contribution in [2.24, 2.45) is 0 Å². The van der Waals surface area contributed by atoms with Gasteiger partial charge in [0, 0.05) is 11.1 Å². The van der Waals surface area contributed by atoms with Crippen molar-refractivity contribution < 1.29 is 4.79 Å². The van der Waals surface area contributed by atoms with Crippen LogP contribution in [0.3, 0.4) is 0 Å². The molecule has 0 aromatic carbocycles. The van der Waals surface area contributed by atoms with E-state index in [0.29, 0.717) is 6.42 Å². The van der Waals surface area contributed by atoms with Crippen LogP contribution < -0.4 is 0 Å². The summed E-state index contributed by atoms with van der Waals surface area (Å²) in [4.78, 5) is 19.0. The van der Waals surface area contributed by atoms with Crippen molar-refractivity contribution in [3.8, 4) is 0 Å². The molecule has 0 amide bonds. The fraction of sp³-hybridized carbons (Fsp3) is 0.375. The van der Waals surface area contributed by atoms with E-state index in [-0.39, 0.29) is 5.78 Å². The van der Waals surface area contributed by atoms with Crippen LogP contribution in [0, 0.1) is 6.92 Å². The molecule has 0 N–H and O–H groups in total. The lowest BCUT2D eigenvalue weighted by Crippen LogP contribution is -2.04. The molecule has 0 atom stereocenters. The molecule has 0 fully saturated rings. The minimum Gasteiger partial charge on any atom is -0.293 e. The molecule has 2 aromatic rings.